The molecule has 36 heavy (non-hydrogen) atoms. The summed E-state index contributed by atoms with van der Waals surface area (Å²) in [6.07, 6.45) is 0. The fourth-order valence-corrected chi connectivity index (χ4v) is 5.47. The van der Waals surface area contributed by atoms with E-state index in [1.165, 1.54) is 25.3 Å². The van der Waals surface area contributed by atoms with Crippen molar-refractivity contribution in [3.05, 3.63) is 53.7 Å². The minimum Gasteiger partial charge on any atom is -0.495 e. The molecule has 13 heteroatoms. The van der Waals surface area contributed by atoms with Crippen LogP contribution in [0.5, 0.6) is 5.75 Å². The van der Waals surface area contributed by atoms with Gasteiger partial charge in [-0.05, 0) is 44.2 Å². The third kappa shape index (κ3) is 5.41. The second-order valence-corrected chi connectivity index (χ2v) is 10.2. The fraction of sp³-hybridized carbons (Fsp3) is 0.261. The first-order chi connectivity index (χ1) is 17.2. The first-order valence-electron chi connectivity index (χ1n) is 10.9. The van der Waals surface area contributed by atoms with Crippen molar-refractivity contribution >= 4 is 50.6 Å². The molecular weight excluding hydrogens is 508 g/mol. The second-order valence-electron chi connectivity index (χ2n) is 7.64. The summed E-state index contributed by atoms with van der Waals surface area (Å²) >= 11 is 1.15. The Morgan fingerprint density at radius 2 is 2.03 bits per heavy atom. The number of urea groups is 1. The smallest absolute Gasteiger partial charge is 0.337 e. The van der Waals surface area contributed by atoms with Gasteiger partial charge in [-0.3, -0.25) is 4.72 Å². The number of thioether (sulfide) groups is 1. The molecular formula is C23H24N4O7S2. The fourth-order valence-electron chi connectivity index (χ4n) is 3.57. The highest BCUT2D eigenvalue weighted by molar-refractivity contribution is 7.99. The van der Waals surface area contributed by atoms with Crippen molar-refractivity contribution in [1.82, 2.24) is 15.6 Å². The van der Waals surface area contributed by atoms with Crippen LogP contribution in [0.25, 0.3) is 11.1 Å². The van der Waals surface area contributed by atoms with Gasteiger partial charge < -0.3 is 24.5 Å². The molecule has 0 saturated heterocycles. The van der Waals surface area contributed by atoms with E-state index in [4.69, 9.17) is 13.9 Å². The number of carbonyl (C=O) groups is 2. The van der Waals surface area contributed by atoms with Gasteiger partial charge in [0.05, 0.1) is 35.9 Å². The van der Waals surface area contributed by atoms with Crippen molar-refractivity contribution in [1.29, 1.82) is 0 Å². The molecule has 1 aromatic heterocycles. The van der Waals surface area contributed by atoms with Crippen molar-refractivity contribution in [2.24, 2.45) is 0 Å². The van der Waals surface area contributed by atoms with Gasteiger partial charge in [-0.15, -0.1) is 0 Å². The van der Waals surface area contributed by atoms with Gasteiger partial charge in [0.25, 0.3) is 15.2 Å². The molecule has 0 bridgehead atoms. The third-order valence-corrected chi connectivity index (χ3v) is 7.42. The number of anilines is 1. The number of para-hydroxylation sites is 2. The van der Waals surface area contributed by atoms with Crippen LogP contribution in [0.1, 0.15) is 13.8 Å². The molecule has 0 fully saturated rings. The monoisotopic (exact) mass is 532 g/mol. The summed E-state index contributed by atoms with van der Waals surface area (Å²) in [6, 6.07) is 10.0. The van der Waals surface area contributed by atoms with Gasteiger partial charge in [0, 0.05) is 11.4 Å². The van der Waals surface area contributed by atoms with Gasteiger partial charge in [0.2, 0.25) is 0 Å². The Morgan fingerprint density at radius 1 is 1.25 bits per heavy atom. The number of nitrogens with zero attached hydrogens (tertiary/aromatic N) is 1. The van der Waals surface area contributed by atoms with Gasteiger partial charge >= 0.3 is 12.0 Å². The summed E-state index contributed by atoms with van der Waals surface area (Å²) in [4.78, 5) is 28.7. The zero-order valence-corrected chi connectivity index (χ0v) is 21.3. The van der Waals surface area contributed by atoms with E-state index in [2.05, 4.69) is 20.3 Å². The first-order valence-corrected chi connectivity index (χ1v) is 13.4. The summed E-state index contributed by atoms with van der Waals surface area (Å²) in [5.41, 5.74) is 1.73. The standard InChI is InChI=1S/C23H24N4O7S2/c1-4-33-21(28)20-13(2)24-22(29)25-17(20)12-35-23-26-16-11-14(9-10-19(16)34-23)36(30,31)27-15-7-5-6-8-18(15)32-3/h5-11,13,27H,4,12H2,1-3H3,(H2,24,25,29). The van der Waals surface area contributed by atoms with Gasteiger partial charge in [-0.1, -0.05) is 23.9 Å². The molecule has 1 aliphatic rings. The average molecular weight is 533 g/mol. The van der Waals surface area contributed by atoms with Crippen LogP contribution in [0.15, 0.2) is 68.3 Å². The Balaban J connectivity index is 1.55. The molecule has 1 atom stereocenters. The summed E-state index contributed by atoms with van der Waals surface area (Å²) in [6.45, 7) is 3.59. The molecule has 1 aliphatic heterocycles. The van der Waals surface area contributed by atoms with Crippen molar-refractivity contribution < 1.29 is 31.9 Å². The van der Waals surface area contributed by atoms with E-state index in [-0.39, 0.29) is 22.5 Å². The van der Waals surface area contributed by atoms with Crippen molar-refractivity contribution in [3.63, 3.8) is 0 Å². The van der Waals surface area contributed by atoms with Crippen LogP contribution in [0, 0.1) is 0 Å². The predicted octanol–water partition coefficient (Wildman–Crippen LogP) is 3.25. The van der Waals surface area contributed by atoms with Crippen molar-refractivity contribution in [3.8, 4) is 5.75 Å². The molecule has 11 nitrogen and oxygen atoms in total. The van der Waals surface area contributed by atoms with Crippen molar-refractivity contribution in [2.45, 2.75) is 30.0 Å². The van der Waals surface area contributed by atoms with Crippen LogP contribution in [0.4, 0.5) is 10.5 Å². The molecule has 2 aromatic carbocycles. The number of ether oxygens (including phenoxy) is 2. The Kier molecular flexibility index (Phi) is 7.40. The number of oxazole rings is 1. The summed E-state index contributed by atoms with van der Waals surface area (Å²) in [5, 5.41) is 5.52. The SMILES string of the molecule is CCOC(=O)C1=C(CSc2nc3cc(S(=O)(=O)Nc4ccccc4OC)ccc3o2)NC(=O)NC1C. The quantitative estimate of drug-likeness (QED) is 0.279. The summed E-state index contributed by atoms with van der Waals surface area (Å²) in [7, 11) is -2.47. The molecule has 190 valence electrons. The van der Waals surface area contributed by atoms with Gasteiger partial charge in [0.15, 0.2) is 5.58 Å². The van der Waals surface area contributed by atoms with Crippen LogP contribution < -0.4 is 20.1 Å². The zero-order valence-electron chi connectivity index (χ0n) is 19.7. The van der Waals surface area contributed by atoms with Crippen LogP contribution in [0.2, 0.25) is 0 Å². The number of nitrogens with one attached hydrogen (secondary N) is 3. The van der Waals surface area contributed by atoms with E-state index in [1.807, 2.05) is 0 Å². The predicted molar refractivity (Wildman–Crippen MR) is 133 cm³/mol. The topological polar surface area (TPSA) is 149 Å². The highest BCUT2D eigenvalue weighted by Gasteiger charge is 2.30. The molecule has 4 rings (SSSR count). The lowest BCUT2D eigenvalue weighted by molar-refractivity contribution is -0.138. The van der Waals surface area contributed by atoms with E-state index in [9.17, 15) is 18.0 Å². The average Bonchev–Trinajstić information content (AvgIpc) is 3.25. The number of rotatable bonds is 9. The summed E-state index contributed by atoms with van der Waals surface area (Å²) in [5.74, 6) is 0.0420. The lowest BCUT2D eigenvalue weighted by Gasteiger charge is -2.26. The van der Waals surface area contributed by atoms with E-state index >= 15 is 0 Å². The van der Waals surface area contributed by atoms with Crippen LogP contribution in [-0.4, -0.2) is 50.9 Å². The molecule has 0 aliphatic carbocycles. The largest absolute Gasteiger partial charge is 0.495 e. The third-order valence-electron chi connectivity index (χ3n) is 5.21. The van der Waals surface area contributed by atoms with Crippen molar-refractivity contribution in [2.75, 3.05) is 24.2 Å². The van der Waals surface area contributed by atoms with Gasteiger partial charge in [0.1, 0.15) is 11.3 Å². The Hall–Kier alpha value is -3.71. The second kappa shape index (κ2) is 10.5. The molecule has 0 saturated carbocycles. The number of aromatic nitrogens is 1. The maximum Gasteiger partial charge on any atom is 0.337 e. The maximum atomic E-state index is 12.9. The number of amides is 2. The molecule has 2 amide bonds. The number of fused-ring (bicyclic) bond motifs is 1. The zero-order chi connectivity index (χ0) is 25.9. The van der Waals surface area contributed by atoms with E-state index in [1.54, 1.807) is 38.1 Å². The van der Waals surface area contributed by atoms with E-state index in [0.717, 1.165) is 11.8 Å². The van der Waals surface area contributed by atoms with Gasteiger partial charge in [-0.2, -0.15) is 0 Å². The Labute approximate surface area is 211 Å². The highest BCUT2D eigenvalue weighted by Crippen LogP contribution is 2.30. The number of sulfonamides is 1. The van der Waals surface area contributed by atoms with Crippen LogP contribution in [-0.2, 0) is 19.6 Å². The van der Waals surface area contributed by atoms with Crippen LogP contribution in [0.3, 0.4) is 0 Å². The summed E-state index contributed by atoms with van der Waals surface area (Å²) < 4.78 is 44.4. The lowest BCUT2D eigenvalue weighted by Crippen LogP contribution is -2.49. The van der Waals surface area contributed by atoms with E-state index in [0.29, 0.717) is 33.8 Å². The number of benzene rings is 2. The van der Waals surface area contributed by atoms with Gasteiger partial charge in [-0.25, -0.2) is 23.0 Å². The number of hydrogen-bond donors (Lipinski definition) is 3. The Bertz CT molecular complexity index is 1450. The highest BCUT2D eigenvalue weighted by atomic mass is 32.2. The molecule has 1 unspecified atom stereocenters. The number of esters is 1. The minimum absolute atomic E-state index is 0.00231. The number of hydrogen-bond acceptors (Lipinski definition) is 9. The Morgan fingerprint density at radius 3 is 2.78 bits per heavy atom. The normalized spacial score (nSPS) is 15.9. The molecule has 3 aromatic rings. The molecule has 0 spiro atoms. The lowest BCUT2D eigenvalue weighted by atomic mass is 10.1. The molecule has 2 heterocycles. The number of carbonyl (C=O) groups excluding carboxylic acids is 2. The molecule has 0 radical (unpaired) electrons. The van der Waals surface area contributed by atoms with E-state index < -0.39 is 28.1 Å². The van der Waals surface area contributed by atoms with Crippen LogP contribution >= 0.6 is 11.8 Å². The first kappa shape index (κ1) is 25.4. The minimum atomic E-state index is -3.92. The maximum absolute atomic E-state index is 12.9. The number of methoxy groups -OCH3 is 1. The molecule has 3 N–H and O–H groups in total.